The van der Waals surface area contributed by atoms with Crippen molar-refractivity contribution in [3.63, 3.8) is 0 Å². The van der Waals surface area contributed by atoms with Gasteiger partial charge in [0.25, 0.3) is 0 Å². The van der Waals surface area contributed by atoms with Crippen molar-refractivity contribution in [2.75, 3.05) is 25.6 Å². The molecule has 0 saturated carbocycles. The smallest absolute Gasteiger partial charge is 0.321 e. The largest absolute Gasteiger partial charge is 0.383 e. The first-order chi connectivity index (χ1) is 9.19. The second-order valence-corrected chi connectivity index (χ2v) is 4.69. The monoisotopic (exact) mass is 301 g/mol. The summed E-state index contributed by atoms with van der Waals surface area (Å²) in [5.41, 5.74) is 0.898. The Bertz CT molecular complexity index is 546. The number of rotatable bonds is 6. The van der Waals surface area contributed by atoms with Gasteiger partial charge in [0.1, 0.15) is 0 Å². The van der Waals surface area contributed by atoms with E-state index in [1.54, 1.807) is 19.2 Å². The van der Waals surface area contributed by atoms with Crippen LogP contribution < -0.4 is 5.32 Å². The highest BCUT2D eigenvalue weighted by atomic mass is 35.5. The van der Waals surface area contributed by atoms with Crippen molar-refractivity contribution in [3.05, 3.63) is 39.6 Å². The minimum absolute atomic E-state index is 0.372. The van der Waals surface area contributed by atoms with Gasteiger partial charge >= 0.3 is 6.01 Å². The molecule has 2 rings (SSSR count). The molecular formula is C12H13Cl2N3O2. The standard InChI is InChI=1S/C12H13Cl2N3O2/c1-18-5-4-15-12-16-11(17-19-12)6-8-2-3-9(13)7-10(8)14/h2-3,7H,4-6H2,1H3,(H,15,16,17). The van der Waals surface area contributed by atoms with Crippen LogP contribution in [0.15, 0.2) is 22.7 Å². The molecule has 0 spiro atoms. The van der Waals surface area contributed by atoms with E-state index in [0.717, 1.165) is 5.56 Å². The van der Waals surface area contributed by atoms with Crippen LogP contribution in [0.25, 0.3) is 0 Å². The van der Waals surface area contributed by atoms with E-state index < -0.39 is 0 Å². The lowest BCUT2D eigenvalue weighted by atomic mass is 10.1. The Hall–Kier alpha value is -1.30. The zero-order valence-corrected chi connectivity index (χ0v) is 11.8. The van der Waals surface area contributed by atoms with Crippen molar-refractivity contribution in [2.24, 2.45) is 0 Å². The van der Waals surface area contributed by atoms with E-state index in [1.165, 1.54) is 0 Å². The fourth-order valence-electron chi connectivity index (χ4n) is 1.49. The van der Waals surface area contributed by atoms with Gasteiger partial charge in [-0.15, -0.1) is 0 Å². The Morgan fingerprint density at radius 3 is 2.95 bits per heavy atom. The van der Waals surface area contributed by atoms with Crippen molar-refractivity contribution < 1.29 is 9.26 Å². The first kappa shape index (κ1) is 14.1. The molecule has 19 heavy (non-hydrogen) atoms. The van der Waals surface area contributed by atoms with Gasteiger partial charge in [-0.3, -0.25) is 0 Å². The van der Waals surface area contributed by atoms with Crippen molar-refractivity contribution in [2.45, 2.75) is 6.42 Å². The molecule has 0 fully saturated rings. The van der Waals surface area contributed by atoms with E-state index >= 15 is 0 Å². The van der Waals surface area contributed by atoms with Gasteiger partial charge in [0.15, 0.2) is 5.82 Å². The molecule has 7 heteroatoms. The van der Waals surface area contributed by atoms with E-state index in [1.807, 2.05) is 6.07 Å². The summed E-state index contributed by atoms with van der Waals surface area (Å²) in [5, 5.41) is 8.02. The third kappa shape index (κ3) is 4.09. The summed E-state index contributed by atoms with van der Waals surface area (Å²) in [6.07, 6.45) is 0.492. The Balaban J connectivity index is 1.99. The maximum absolute atomic E-state index is 6.09. The van der Waals surface area contributed by atoms with Crippen LogP contribution in [0.3, 0.4) is 0 Å². The SMILES string of the molecule is COCCNc1nc(Cc2ccc(Cl)cc2Cl)no1. The molecule has 1 aromatic carbocycles. The molecule has 0 aliphatic heterocycles. The van der Waals surface area contributed by atoms with Gasteiger partial charge in [-0.2, -0.15) is 4.98 Å². The third-order valence-corrected chi connectivity index (χ3v) is 3.00. The number of nitrogens with one attached hydrogen (secondary N) is 1. The van der Waals surface area contributed by atoms with Crippen LogP contribution >= 0.6 is 23.2 Å². The van der Waals surface area contributed by atoms with Gasteiger partial charge in [0.05, 0.1) is 6.61 Å². The Kier molecular flexibility index (Phi) is 5.01. The second-order valence-electron chi connectivity index (χ2n) is 3.85. The molecule has 1 heterocycles. The van der Waals surface area contributed by atoms with Crippen LogP contribution in [0.4, 0.5) is 6.01 Å². The predicted octanol–water partition coefficient (Wildman–Crippen LogP) is 3.03. The molecule has 0 amide bonds. The lowest BCUT2D eigenvalue weighted by molar-refractivity contribution is 0.210. The van der Waals surface area contributed by atoms with Crippen molar-refractivity contribution in [1.82, 2.24) is 10.1 Å². The number of nitrogens with zero attached hydrogens (tertiary/aromatic N) is 2. The Labute approximate surface area is 120 Å². The second kappa shape index (κ2) is 6.75. The number of aromatic nitrogens is 2. The molecule has 0 aliphatic rings. The maximum Gasteiger partial charge on any atom is 0.321 e. The summed E-state index contributed by atoms with van der Waals surface area (Å²) in [7, 11) is 1.63. The molecule has 2 aromatic rings. The van der Waals surface area contributed by atoms with Crippen LogP contribution in [0.5, 0.6) is 0 Å². The van der Waals surface area contributed by atoms with Gasteiger partial charge in [0, 0.05) is 30.1 Å². The number of hydrogen-bond donors (Lipinski definition) is 1. The predicted molar refractivity (Wildman–Crippen MR) is 73.9 cm³/mol. The molecule has 0 atom stereocenters. The molecule has 1 N–H and O–H groups in total. The Morgan fingerprint density at radius 1 is 1.37 bits per heavy atom. The fourth-order valence-corrected chi connectivity index (χ4v) is 1.97. The molecular weight excluding hydrogens is 289 g/mol. The van der Waals surface area contributed by atoms with Crippen molar-refractivity contribution >= 4 is 29.2 Å². The number of halogens is 2. The van der Waals surface area contributed by atoms with E-state index in [9.17, 15) is 0 Å². The van der Waals surface area contributed by atoms with Crippen LogP contribution in [0.2, 0.25) is 10.0 Å². The number of ether oxygens (including phenoxy) is 1. The minimum Gasteiger partial charge on any atom is -0.383 e. The number of methoxy groups -OCH3 is 1. The third-order valence-electron chi connectivity index (χ3n) is 2.41. The normalized spacial score (nSPS) is 10.7. The molecule has 0 unspecified atom stereocenters. The summed E-state index contributed by atoms with van der Waals surface area (Å²) in [6.45, 7) is 1.18. The fraction of sp³-hybridized carbons (Fsp3) is 0.333. The molecule has 0 bridgehead atoms. The molecule has 0 radical (unpaired) electrons. The number of benzene rings is 1. The molecule has 1 aromatic heterocycles. The topological polar surface area (TPSA) is 60.2 Å². The molecule has 102 valence electrons. The first-order valence-corrected chi connectivity index (χ1v) is 6.44. The lowest BCUT2D eigenvalue weighted by Gasteiger charge is -2.01. The lowest BCUT2D eigenvalue weighted by Crippen LogP contribution is -2.07. The van der Waals surface area contributed by atoms with Gasteiger partial charge in [-0.25, -0.2) is 0 Å². The minimum atomic E-state index is 0.372. The summed E-state index contributed by atoms with van der Waals surface area (Å²) < 4.78 is 9.96. The van der Waals surface area contributed by atoms with Crippen LogP contribution in [0, 0.1) is 0 Å². The summed E-state index contributed by atoms with van der Waals surface area (Å²) >= 11 is 11.9. The maximum atomic E-state index is 6.09. The van der Waals surface area contributed by atoms with Gasteiger partial charge in [-0.1, -0.05) is 34.4 Å². The summed E-state index contributed by atoms with van der Waals surface area (Å²) in [6, 6.07) is 5.69. The van der Waals surface area contributed by atoms with Gasteiger partial charge in [0.2, 0.25) is 0 Å². The van der Waals surface area contributed by atoms with E-state index in [0.29, 0.717) is 41.5 Å². The van der Waals surface area contributed by atoms with Crippen molar-refractivity contribution in [1.29, 1.82) is 0 Å². The first-order valence-electron chi connectivity index (χ1n) is 5.68. The highest BCUT2D eigenvalue weighted by Gasteiger charge is 2.09. The molecule has 5 nitrogen and oxygen atoms in total. The zero-order valence-electron chi connectivity index (χ0n) is 10.3. The van der Waals surface area contributed by atoms with E-state index in [2.05, 4.69) is 15.5 Å². The van der Waals surface area contributed by atoms with Crippen LogP contribution in [-0.4, -0.2) is 30.4 Å². The average Bonchev–Trinajstić information content (AvgIpc) is 2.81. The number of anilines is 1. The molecule has 0 saturated heterocycles. The summed E-state index contributed by atoms with van der Waals surface area (Å²) in [4.78, 5) is 4.20. The number of hydrogen-bond acceptors (Lipinski definition) is 5. The van der Waals surface area contributed by atoms with Gasteiger partial charge < -0.3 is 14.6 Å². The quantitative estimate of drug-likeness (QED) is 0.831. The highest BCUT2D eigenvalue weighted by Crippen LogP contribution is 2.22. The average molecular weight is 302 g/mol. The van der Waals surface area contributed by atoms with Crippen LogP contribution in [-0.2, 0) is 11.2 Å². The zero-order chi connectivity index (χ0) is 13.7. The van der Waals surface area contributed by atoms with Gasteiger partial charge in [-0.05, 0) is 17.7 Å². The summed E-state index contributed by atoms with van der Waals surface area (Å²) in [5.74, 6) is 0.559. The Morgan fingerprint density at radius 2 is 2.21 bits per heavy atom. The van der Waals surface area contributed by atoms with Crippen molar-refractivity contribution in [3.8, 4) is 0 Å². The highest BCUT2D eigenvalue weighted by molar-refractivity contribution is 6.35. The van der Waals surface area contributed by atoms with E-state index in [-0.39, 0.29) is 0 Å². The van der Waals surface area contributed by atoms with Crippen LogP contribution in [0.1, 0.15) is 11.4 Å². The molecule has 0 aliphatic carbocycles. The van der Waals surface area contributed by atoms with E-state index in [4.69, 9.17) is 32.5 Å².